The molecule has 6 rings (SSSR count). The highest BCUT2D eigenvalue weighted by Crippen LogP contribution is 2.38. The Labute approximate surface area is 246 Å². The molecule has 3 aromatic rings. The molecule has 3 aliphatic heterocycles. The molecule has 2 bridgehead atoms. The smallest absolute Gasteiger partial charge is 0.254 e. The maximum atomic E-state index is 13.3. The van der Waals surface area contributed by atoms with E-state index in [0.717, 1.165) is 70.3 Å². The van der Waals surface area contributed by atoms with Crippen LogP contribution in [0.3, 0.4) is 0 Å². The van der Waals surface area contributed by atoms with Gasteiger partial charge in [-0.2, -0.15) is 4.98 Å². The predicted octanol–water partition coefficient (Wildman–Crippen LogP) is 5.15. The monoisotopic (exact) mass is 576 g/mol. The van der Waals surface area contributed by atoms with E-state index < -0.39 is 0 Å². The number of amides is 2. The lowest BCUT2D eigenvalue weighted by molar-refractivity contribution is -0.134. The standard InChI is InChI=1S/C32H40N4O6/c37-29(12-4-11-28-33-30(34-42-28)27-10-6-20-40-27)35-17-14-32(15-18-35)13-1-2-19-39-22-25-8-5-16-36(25)31(38)24-7-3-9-26(21-24)41-23-32/h3,6-7,9-10,20-21,25H,1-2,4-5,8,11-19,22-23H2/t25-/m0/s1. The van der Waals surface area contributed by atoms with Crippen molar-refractivity contribution in [2.24, 2.45) is 5.41 Å². The van der Waals surface area contributed by atoms with E-state index in [2.05, 4.69) is 10.1 Å². The Kier molecular flexibility index (Phi) is 8.88. The molecule has 1 aromatic carbocycles. The quantitative estimate of drug-likeness (QED) is 0.410. The summed E-state index contributed by atoms with van der Waals surface area (Å²) in [4.78, 5) is 34.7. The van der Waals surface area contributed by atoms with E-state index in [1.165, 1.54) is 0 Å². The highest BCUT2D eigenvalue weighted by atomic mass is 16.5. The molecule has 1 spiro atoms. The van der Waals surface area contributed by atoms with Crippen LogP contribution >= 0.6 is 0 Å². The van der Waals surface area contributed by atoms with Crippen LogP contribution in [0, 0.1) is 5.41 Å². The van der Waals surface area contributed by atoms with Crippen LogP contribution in [0.1, 0.15) is 74.0 Å². The third kappa shape index (κ3) is 6.69. The first kappa shape index (κ1) is 28.5. The second-order valence-electron chi connectivity index (χ2n) is 11.9. The third-order valence-corrected chi connectivity index (χ3v) is 8.99. The van der Waals surface area contributed by atoms with Crippen LogP contribution in [0.25, 0.3) is 11.6 Å². The molecule has 10 nitrogen and oxygen atoms in total. The van der Waals surface area contributed by atoms with Crippen LogP contribution in [-0.2, 0) is 16.0 Å². The number of hydrogen-bond acceptors (Lipinski definition) is 8. The van der Waals surface area contributed by atoms with Crippen LogP contribution in [-0.4, -0.2) is 77.3 Å². The number of benzene rings is 1. The van der Waals surface area contributed by atoms with Gasteiger partial charge in [-0.1, -0.05) is 17.6 Å². The van der Waals surface area contributed by atoms with E-state index in [4.69, 9.17) is 18.4 Å². The van der Waals surface area contributed by atoms with E-state index in [-0.39, 0.29) is 23.3 Å². The highest BCUT2D eigenvalue weighted by Gasteiger charge is 2.37. The van der Waals surface area contributed by atoms with Gasteiger partial charge < -0.3 is 28.2 Å². The van der Waals surface area contributed by atoms with Gasteiger partial charge in [-0.15, -0.1) is 0 Å². The molecular weight excluding hydrogens is 536 g/mol. The molecule has 10 heteroatoms. The molecule has 5 heterocycles. The van der Waals surface area contributed by atoms with E-state index in [0.29, 0.717) is 62.1 Å². The van der Waals surface area contributed by atoms with Gasteiger partial charge in [0.25, 0.3) is 5.91 Å². The number of rotatable bonds is 5. The minimum Gasteiger partial charge on any atom is -0.493 e. The SMILES string of the molecule is O=C(CCCc1nc(-c2ccco2)no1)N1CCC2(CCCCOC[C@@H]3CCCN3C(=O)c3cccc(c3)OC2)CC1. The first-order valence-corrected chi connectivity index (χ1v) is 15.3. The maximum Gasteiger partial charge on any atom is 0.254 e. The summed E-state index contributed by atoms with van der Waals surface area (Å²) in [6, 6.07) is 11.3. The lowest BCUT2D eigenvalue weighted by Gasteiger charge is -2.42. The maximum absolute atomic E-state index is 13.3. The summed E-state index contributed by atoms with van der Waals surface area (Å²) in [6.45, 7) is 4.10. The average molecular weight is 577 g/mol. The van der Waals surface area contributed by atoms with E-state index in [1.807, 2.05) is 34.1 Å². The number of aromatic nitrogens is 2. The zero-order valence-corrected chi connectivity index (χ0v) is 24.2. The fourth-order valence-corrected chi connectivity index (χ4v) is 6.43. The number of fused-ring (bicyclic) bond motifs is 3. The molecule has 0 unspecified atom stereocenters. The molecule has 2 amide bonds. The van der Waals surface area contributed by atoms with Crippen LogP contribution in [0.15, 0.2) is 51.6 Å². The van der Waals surface area contributed by atoms with E-state index >= 15 is 0 Å². The topological polar surface area (TPSA) is 111 Å². The molecule has 1 atom stereocenters. The van der Waals surface area contributed by atoms with Crippen molar-refractivity contribution in [1.82, 2.24) is 19.9 Å². The summed E-state index contributed by atoms with van der Waals surface area (Å²) in [5.41, 5.74) is 0.657. The molecular formula is C32H40N4O6. The second kappa shape index (κ2) is 13.1. The number of likely N-dealkylation sites (tertiary alicyclic amines) is 1. The zero-order chi connectivity index (χ0) is 28.8. The fraction of sp³-hybridized carbons (Fsp3) is 0.562. The number of carbonyl (C=O) groups is 2. The molecule has 0 N–H and O–H groups in total. The minimum absolute atomic E-state index is 0.0109. The molecule has 2 fully saturated rings. The Balaban J connectivity index is 1.03. The number of piperidine rings is 1. The van der Waals surface area contributed by atoms with Gasteiger partial charge in [0, 0.05) is 50.1 Å². The van der Waals surface area contributed by atoms with Crippen molar-refractivity contribution in [1.29, 1.82) is 0 Å². The lowest BCUT2D eigenvalue weighted by Crippen LogP contribution is -2.45. The average Bonchev–Trinajstić information content (AvgIpc) is 3.80. The van der Waals surface area contributed by atoms with Crippen molar-refractivity contribution in [2.45, 2.75) is 70.3 Å². The summed E-state index contributed by atoms with van der Waals surface area (Å²) in [7, 11) is 0. The number of aryl methyl sites for hydroxylation is 1. The minimum atomic E-state index is -0.0109. The number of hydrogen-bond donors (Lipinski definition) is 0. The van der Waals surface area contributed by atoms with E-state index in [9.17, 15) is 9.59 Å². The van der Waals surface area contributed by atoms with Crippen LogP contribution < -0.4 is 4.74 Å². The van der Waals surface area contributed by atoms with Crippen molar-refractivity contribution in [3.63, 3.8) is 0 Å². The molecule has 224 valence electrons. The molecule has 2 saturated heterocycles. The number of ether oxygens (including phenoxy) is 2. The van der Waals surface area contributed by atoms with Gasteiger partial charge in [-0.05, 0) is 75.3 Å². The molecule has 2 aromatic heterocycles. The summed E-state index contributed by atoms with van der Waals surface area (Å²) in [5, 5.41) is 3.96. The second-order valence-corrected chi connectivity index (χ2v) is 11.9. The molecule has 0 radical (unpaired) electrons. The van der Waals surface area contributed by atoms with Crippen molar-refractivity contribution in [2.75, 3.05) is 39.5 Å². The van der Waals surface area contributed by atoms with Gasteiger partial charge in [0.05, 0.1) is 25.5 Å². The largest absolute Gasteiger partial charge is 0.493 e. The predicted molar refractivity (Wildman–Crippen MR) is 154 cm³/mol. The van der Waals surface area contributed by atoms with Crippen molar-refractivity contribution in [3.05, 3.63) is 54.1 Å². The Morgan fingerprint density at radius 1 is 1.05 bits per heavy atom. The van der Waals surface area contributed by atoms with E-state index in [1.54, 1.807) is 18.4 Å². The summed E-state index contributed by atoms with van der Waals surface area (Å²) < 4.78 is 23.1. The molecule has 0 aliphatic carbocycles. The summed E-state index contributed by atoms with van der Waals surface area (Å²) >= 11 is 0. The van der Waals surface area contributed by atoms with Gasteiger partial charge in [0.1, 0.15) is 5.75 Å². The fourth-order valence-electron chi connectivity index (χ4n) is 6.43. The molecule has 42 heavy (non-hydrogen) atoms. The van der Waals surface area contributed by atoms with Crippen LogP contribution in [0.2, 0.25) is 0 Å². The van der Waals surface area contributed by atoms with Crippen molar-refractivity contribution < 1.29 is 28.0 Å². The number of nitrogens with zero attached hydrogens (tertiary/aromatic N) is 4. The number of furan rings is 1. The molecule has 0 saturated carbocycles. The summed E-state index contributed by atoms with van der Waals surface area (Å²) in [6.07, 6.45) is 10.1. The highest BCUT2D eigenvalue weighted by molar-refractivity contribution is 5.95. The van der Waals surface area contributed by atoms with Crippen molar-refractivity contribution in [3.8, 4) is 17.3 Å². The van der Waals surface area contributed by atoms with Gasteiger partial charge in [-0.3, -0.25) is 9.59 Å². The number of carbonyl (C=O) groups excluding carboxylic acids is 2. The summed E-state index contributed by atoms with van der Waals surface area (Å²) in [5.74, 6) is 2.45. The lowest BCUT2D eigenvalue weighted by atomic mass is 9.75. The van der Waals surface area contributed by atoms with Gasteiger partial charge in [-0.25, -0.2) is 0 Å². The van der Waals surface area contributed by atoms with Gasteiger partial charge >= 0.3 is 0 Å². The Bertz CT molecular complexity index is 1330. The van der Waals surface area contributed by atoms with Gasteiger partial charge in [0.15, 0.2) is 5.76 Å². The Hall–Kier alpha value is -3.66. The Morgan fingerprint density at radius 2 is 1.95 bits per heavy atom. The zero-order valence-electron chi connectivity index (χ0n) is 24.2. The first-order chi connectivity index (χ1) is 20.6. The van der Waals surface area contributed by atoms with Gasteiger partial charge in [0.2, 0.25) is 17.6 Å². The Morgan fingerprint density at radius 3 is 2.81 bits per heavy atom. The first-order valence-electron chi connectivity index (χ1n) is 15.3. The normalized spacial score (nSPS) is 21.4. The third-order valence-electron chi connectivity index (χ3n) is 8.99. The molecule has 3 aliphatic rings. The van der Waals surface area contributed by atoms with Crippen molar-refractivity contribution >= 4 is 11.8 Å². The van der Waals surface area contributed by atoms with Crippen LogP contribution in [0.5, 0.6) is 5.75 Å². The van der Waals surface area contributed by atoms with Crippen LogP contribution in [0.4, 0.5) is 0 Å².